The standard InChI is InChI=1S/C14H18N4O4S/c1-16(2)23(21,22)17-8-5-10(6-9-17)18-13(19)11-4-3-7-15-12(11)14(18)20/h3-4,7,10H,5-6,8-9H2,1-2H3. The fraction of sp³-hybridized carbons (Fsp3) is 0.500. The Bertz CT molecular complexity index is 719. The Hall–Kier alpha value is -1.84. The highest BCUT2D eigenvalue weighted by molar-refractivity contribution is 7.86. The van der Waals surface area contributed by atoms with Crippen LogP contribution in [0.2, 0.25) is 0 Å². The van der Waals surface area contributed by atoms with Crippen LogP contribution in [-0.4, -0.2) is 72.0 Å². The number of rotatable bonds is 3. The van der Waals surface area contributed by atoms with Crippen molar-refractivity contribution in [3.05, 3.63) is 29.6 Å². The molecule has 0 unspecified atom stereocenters. The molecule has 0 radical (unpaired) electrons. The number of pyridine rings is 1. The van der Waals surface area contributed by atoms with Crippen LogP contribution < -0.4 is 0 Å². The van der Waals surface area contributed by atoms with Gasteiger partial charge in [0.05, 0.1) is 5.56 Å². The number of piperidine rings is 1. The third-order valence-electron chi connectivity index (χ3n) is 4.25. The van der Waals surface area contributed by atoms with Crippen molar-refractivity contribution in [2.45, 2.75) is 18.9 Å². The van der Waals surface area contributed by atoms with Crippen molar-refractivity contribution < 1.29 is 18.0 Å². The van der Waals surface area contributed by atoms with Crippen molar-refractivity contribution in [1.82, 2.24) is 18.5 Å². The fourth-order valence-electron chi connectivity index (χ4n) is 2.98. The van der Waals surface area contributed by atoms with E-state index < -0.39 is 10.2 Å². The molecule has 2 aliphatic heterocycles. The van der Waals surface area contributed by atoms with Gasteiger partial charge in [0, 0.05) is 39.4 Å². The summed E-state index contributed by atoms with van der Waals surface area (Å²) in [5.41, 5.74) is 0.502. The van der Waals surface area contributed by atoms with E-state index in [4.69, 9.17) is 0 Å². The van der Waals surface area contributed by atoms with E-state index >= 15 is 0 Å². The summed E-state index contributed by atoms with van der Waals surface area (Å²) < 4.78 is 26.8. The molecule has 23 heavy (non-hydrogen) atoms. The third-order valence-corrected chi connectivity index (χ3v) is 6.20. The van der Waals surface area contributed by atoms with E-state index in [0.29, 0.717) is 18.4 Å². The van der Waals surface area contributed by atoms with Gasteiger partial charge in [-0.15, -0.1) is 0 Å². The van der Waals surface area contributed by atoms with Gasteiger partial charge >= 0.3 is 0 Å². The molecule has 1 aromatic rings. The smallest absolute Gasteiger partial charge is 0.270 e. The number of aromatic nitrogens is 1. The molecule has 0 aliphatic carbocycles. The van der Waals surface area contributed by atoms with E-state index in [1.807, 2.05) is 0 Å². The molecule has 0 bridgehead atoms. The first-order valence-electron chi connectivity index (χ1n) is 7.34. The third kappa shape index (κ3) is 2.54. The van der Waals surface area contributed by atoms with Gasteiger partial charge in [0.15, 0.2) is 0 Å². The Balaban J connectivity index is 1.75. The molecule has 0 atom stereocenters. The topological polar surface area (TPSA) is 90.9 Å². The monoisotopic (exact) mass is 338 g/mol. The second-order valence-corrected chi connectivity index (χ2v) is 7.94. The van der Waals surface area contributed by atoms with Gasteiger partial charge in [-0.1, -0.05) is 0 Å². The molecule has 0 N–H and O–H groups in total. The molecule has 3 heterocycles. The Labute approximate surface area is 134 Å². The molecule has 0 saturated carbocycles. The van der Waals surface area contributed by atoms with Crippen LogP contribution in [-0.2, 0) is 10.2 Å². The summed E-state index contributed by atoms with van der Waals surface area (Å²) >= 11 is 0. The maximum atomic E-state index is 12.4. The summed E-state index contributed by atoms with van der Waals surface area (Å²) in [4.78, 5) is 30.0. The molecule has 8 nitrogen and oxygen atoms in total. The van der Waals surface area contributed by atoms with E-state index in [0.717, 1.165) is 0 Å². The summed E-state index contributed by atoms with van der Waals surface area (Å²) in [6.07, 6.45) is 2.34. The Kier molecular flexibility index (Phi) is 3.95. The molecule has 0 spiro atoms. The van der Waals surface area contributed by atoms with Crippen LogP contribution >= 0.6 is 0 Å². The average Bonchev–Trinajstić information content (AvgIpc) is 2.79. The largest absolute Gasteiger partial charge is 0.281 e. The van der Waals surface area contributed by atoms with E-state index in [1.54, 1.807) is 12.1 Å². The first kappa shape index (κ1) is 16.0. The number of amides is 2. The number of carbonyl (C=O) groups excluding carboxylic acids is 2. The first-order chi connectivity index (χ1) is 10.8. The number of fused-ring (bicyclic) bond motifs is 1. The van der Waals surface area contributed by atoms with Crippen LogP contribution in [0.3, 0.4) is 0 Å². The van der Waals surface area contributed by atoms with Gasteiger partial charge in [0.2, 0.25) is 0 Å². The SMILES string of the molecule is CN(C)S(=O)(=O)N1CCC(N2C(=O)c3cccnc3C2=O)CC1. The average molecular weight is 338 g/mol. The number of carbonyl (C=O) groups is 2. The van der Waals surface area contributed by atoms with Crippen LogP contribution in [0.15, 0.2) is 18.3 Å². The molecule has 1 fully saturated rings. The molecule has 2 amide bonds. The quantitative estimate of drug-likeness (QED) is 0.721. The molecule has 0 aromatic carbocycles. The summed E-state index contributed by atoms with van der Waals surface area (Å²) in [5.74, 6) is -0.730. The number of imide groups is 1. The molecule has 9 heteroatoms. The van der Waals surface area contributed by atoms with Crippen molar-refractivity contribution >= 4 is 22.0 Å². The Morgan fingerprint density at radius 2 is 1.83 bits per heavy atom. The molecular weight excluding hydrogens is 320 g/mol. The minimum absolute atomic E-state index is 0.181. The van der Waals surface area contributed by atoms with Crippen molar-refractivity contribution in [3.63, 3.8) is 0 Å². The number of nitrogens with zero attached hydrogens (tertiary/aromatic N) is 4. The first-order valence-corrected chi connectivity index (χ1v) is 8.74. The lowest BCUT2D eigenvalue weighted by Gasteiger charge is -2.35. The minimum Gasteiger partial charge on any atom is -0.270 e. The van der Waals surface area contributed by atoms with E-state index in [-0.39, 0.29) is 36.6 Å². The zero-order chi connectivity index (χ0) is 16.8. The highest BCUT2D eigenvalue weighted by Gasteiger charge is 2.42. The second-order valence-electron chi connectivity index (χ2n) is 5.80. The maximum Gasteiger partial charge on any atom is 0.281 e. The van der Waals surface area contributed by atoms with Gasteiger partial charge < -0.3 is 0 Å². The van der Waals surface area contributed by atoms with Gasteiger partial charge in [-0.2, -0.15) is 17.0 Å². The zero-order valence-corrected chi connectivity index (χ0v) is 13.8. The van der Waals surface area contributed by atoms with Crippen molar-refractivity contribution in [2.75, 3.05) is 27.2 Å². The van der Waals surface area contributed by atoms with Crippen molar-refractivity contribution in [3.8, 4) is 0 Å². The summed E-state index contributed by atoms with van der Waals surface area (Å²) in [5, 5.41) is 0. The van der Waals surface area contributed by atoms with Crippen LogP contribution in [0.4, 0.5) is 0 Å². The molecule has 3 rings (SSSR count). The lowest BCUT2D eigenvalue weighted by molar-refractivity contribution is 0.0533. The van der Waals surface area contributed by atoms with E-state index in [9.17, 15) is 18.0 Å². The predicted molar refractivity (Wildman–Crippen MR) is 81.9 cm³/mol. The van der Waals surface area contributed by atoms with E-state index in [2.05, 4.69) is 4.98 Å². The van der Waals surface area contributed by atoms with Crippen molar-refractivity contribution in [2.24, 2.45) is 0 Å². The highest BCUT2D eigenvalue weighted by atomic mass is 32.2. The fourth-order valence-corrected chi connectivity index (χ4v) is 4.11. The second kappa shape index (κ2) is 5.66. The van der Waals surface area contributed by atoms with Crippen molar-refractivity contribution in [1.29, 1.82) is 0 Å². The normalized spacial score (nSPS) is 20.4. The Morgan fingerprint density at radius 1 is 1.17 bits per heavy atom. The maximum absolute atomic E-state index is 12.4. The molecule has 124 valence electrons. The highest BCUT2D eigenvalue weighted by Crippen LogP contribution is 2.28. The summed E-state index contributed by atoms with van der Waals surface area (Å²) in [6.45, 7) is 0.567. The summed E-state index contributed by atoms with van der Waals surface area (Å²) in [6, 6.07) is 2.92. The van der Waals surface area contributed by atoms with Crippen LogP contribution in [0.1, 0.15) is 33.7 Å². The molecule has 1 saturated heterocycles. The van der Waals surface area contributed by atoms with Gasteiger partial charge in [-0.3, -0.25) is 19.5 Å². The van der Waals surface area contributed by atoms with Crippen LogP contribution in [0.5, 0.6) is 0 Å². The number of hydrogen-bond donors (Lipinski definition) is 0. The van der Waals surface area contributed by atoms with Gasteiger partial charge in [-0.25, -0.2) is 0 Å². The van der Waals surface area contributed by atoms with Crippen LogP contribution in [0, 0.1) is 0 Å². The molecule has 2 aliphatic rings. The molecule has 1 aromatic heterocycles. The van der Waals surface area contributed by atoms with Crippen LogP contribution in [0.25, 0.3) is 0 Å². The summed E-state index contributed by atoms with van der Waals surface area (Å²) in [7, 11) is -0.495. The minimum atomic E-state index is -3.46. The lowest BCUT2D eigenvalue weighted by Crippen LogP contribution is -2.50. The Morgan fingerprint density at radius 3 is 2.39 bits per heavy atom. The van der Waals surface area contributed by atoms with Gasteiger partial charge in [0.1, 0.15) is 5.69 Å². The van der Waals surface area contributed by atoms with Gasteiger partial charge in [-0.05, 0) is 25.0 Å². The van der Waals surface area contributed by atoms with E-state index in [1.165, 1.54) is 33.8 Å². The number of hydrogen-bond acceptors (Lipinski definition) is 5. The molecular formula is C14H18N4O4S. The zero-order valence-electron chi connectivity index (χ0n) is 13.0. The lowest BCUT2D eigenvalue weighted by atomic mass is 10.1. The van der Waals surface area contributed by atoms with Gasteiger partial charge in [0.25, 0.3) is 22.0 Å². The predicted octanol–water partition coefficient (Wildman–Crippen LogP) is -0.0516.